The van der Waals surface area contributed by atoms with Gasteiger partial charge in [-0.3, -0.25) is 0 Å². The van der Waals surface area contributed by atoms with Gasteiger partial charge in [0.1, 0.15) is 6.54 Å². The molecule has 0 aromatic carbocycles. The molecule has 0 fully saturated rings. The standard InChI is InChI=1S/C34H64N/c1-4-7-10-12-14-16-18-20-22-24-27-33-30-34(32-35(31-33)29-26-9-6-3)28-25-23-21-19-17-15-13-11-8-5-2/h30-32H,4-29H2,1-3H3/q+1. The van der Waals surface area contributed by atoms with Gasteiger partial charge in [-0.15, -0.1) is 0 Å². The highest BCUT2D eigenvalue weighted by atomic mass is 14.9. The molecule has 1 aromatic heterocycles. The van der Waals surface area contributed by atoms with Gasteiger partial charge in [0.2, 0.25) is 0 Å². The quantitative estimate of drug-likeness (QED) is 0.0905. The van der Waals surface area contributed by atoms with Crippen LogP contribution >= 0.6 is 0 Å². The van der Waals surface area contributed by atoms with Crippen LogP contribution in [0.1, 0.15) is 180 Å². The largest absolute Gasteiger partial charge is 0.205 e. The number of aryl methyl sites for hydroxylation is 3. The van der Waals surface area contributed by atoms with E-state index in [9.17, 15) is 0 Å². The van der Waals surface area contributed by atoms with Crippen molar-refractivity contribution in [2.75, 3.05) is 0 Å². The zero-order valence-electron chi connectivity index (χ0n) is 24.6. The summed E-state index contributed by atoms with van der Waals surface area (Å²) in [5.74, 6) is 0. The van der Waals surface area contributed by atoms with Crippen molar-refractivity contribution in [2.24, 2.45) is 0 Å². The Labute approximate surface area is 221 Å². The lowest BCUT2D eigenvalue weighted by atomic mass is 10.0. The van der Waals surface area contributed by atoms with Gasteiger partial charge in [-0.2, -0.15) is 0 Å². The van der Waals surface area contributed by atoms with Gasteiger partial charge >= 0.3 is 0 Å². The first-order valence-corrected chi connectivity index (χ1v) is 16.3. The van der Waals surface area contributed by atoms with Crippen LogP contribution in [0, 0.1) is 0 Å². The molecule has 0 aliphatic carbocycles. The molecular weight excluding hydrogens is 422 g/mol. The number of nitrogens with zero attached hydrogens (tertiary/aromatic N) is 1. The van der Waals surface area contributed by atoms with E-state index in [1.165, 1.54) is 167 Å². The number of pyridine rings is 1. The molecule has 1 nitrogen and oxygen atoms in total. The van der Waals surface area contributed by atoms with Gasteiger partial charge in [0.05, 0.1) is 0 Å². The highest BCUT2D eigenvalue weighted by Gasteiger charge is 2.08. The van der Waals surface area contributed by atoms with Crippen LogP contribution in [0.4, 0.5) is 0 Å². The Balaban J connectivity index is 2.28. The van der Waals surface area contributed by atoms with E-state index >= 15 is 0 Å². The maximum atomic E-state index is 2.54. The molecule has 0 unspecified atom stereocenters. The molecule has 1 heterocycles. The fraction of sp³-hybridized carbons (Fsp3) is 0.853. The summed E-state index contributed by atoms with van der Waals surface area (Å²) in [5, 5.41) is 0. The number of unbranched alkanes of at least 4 members (excludes halogenated alkanes) is 20. The SMILES string of the molecule is CCCCCCCCCCCCc1cc(CCCCCCCCCCCC)c[n+](CCCCC)c1. The normalized spacial score (nSPS) is 11.4. The van der Waals surface area contributed by atoms with Crippen molar-refractivity contribution >= 4 is 0 Å². The first-order valence-electron chi connectivity index (χ1n) is 16.3. The average molecular weight is 487 g/mol. The second-order valence-corrected chi connectivity index (χ2v) is 11.4. The number of rotatable bonds is 26. The third kappa shape index (κ3) is 20.0. The predicted molar refractivity (Wildman–Crippen MR) is 157 cm³/mol. The van der Waals surface area contributed by atoms with Gasteiger partial charge in [0.15, 0.2) is 12.4 Å². The summed E-state index contributed by atoms with van der Waals surface area (Å²) in [6.45, 7) is 8.12. The minimum absolute atomic E-state index is 1.20. The van der Waals surface area contributed by atoms with Crippen LogP contribution in [0.15, 0.2) is 18.5 Å². The third-order valence-electron chi connectivity index (χ3n) is 7.69. The minimum Gasteiger partial charge on any atom is -0.205 e. The molecule has 1 heteroatoms. The summed E-state index contributed by atoms with van der Waals surface area (Å²) in [7, 11) is 0. The van der Waals surface area contributed by atoms with E-state index in [4.69, 9.17) is 0 Å². The molecule has 204 valence electrons. The van der Waals surface area contributed by atoms with Crippen LogP contribution in [-0.2, 0) is 19.4 Å². The molecule has 0 saturated carbocycles. The van der Waals surface area contributed by atoms with E-state index in [2.05, 4.69) is 43.8 Å². The molecule has 0 aliphatic rings. The molecule has 0 saturated heterocycles. The van der Waals surface area contributed by atoms with E-state index in [1.54, 1.807) is 11.1 Å². The van der Waals surface area contributed by atoms with Crippen LogP contribution in [0.25, 0.3) is 0 Å². The average Bonchev–Trinajstić information content (AvgIpc) is 2.86. The Hall–Kier alpha value is -0.850. The summed E-state index contributed by atoms with van der Waals surface area (Å²) in [5.41, 5.74) is 3.18. The van der Waals surface area contributed by atoms with Gasteiger partial charge in [-0.05, 0) is 38.2 Å². The Morgan fingerprint density at radius 3 is 1.09 bits per heavy atom. The van der Waals surface area contributed by atoms with Gasteiger partial charge in [-0.25, -0.2) is 4.57 Å². The molecule has 1 rings (SSSR count). The van der Waals surface area contributed by atoms with Crippen molar-refractivity contribution in [1.29, 1.82) is 0 Å². The molecule has 0 spiro atoms. The molecule has 0 N–H and O–H groups in total. The molecule has 0 bridgehead atoms. The minimum atomic E-state index is 1.20. The lowest BCUT2D eigenvalue weighted by molar-refractivity contribution is -0.698. The first kappa shape index (κ1) is 32.2. The summed E-state index contributed by atoms with van der Waals surface area (Å²) in [6, 6.07) is 2.54. The highest BCUT2D eigenvalue weighted by molar-refractivity contribution is 5.15. The van der Waals surface area contributed by atoms with Gasteiger partial charge < -0.3 is 0 Å². The molecular formula is C34H64N+. The molecule has 0 atom stereocenters. The monoisotopic (exact) mass is 487 g/mol. The molecule has 1 aromatic rings. The van der Waals surface area contributed by atoms with Gasteiger partial charge in [-0.1, -0.05) is 143 Å². The van der Waals surface area contributed by atoms with E-state index in [0.717, 1.165) is 0 Å². The van der Waals surface area contributed by atoms with E-state index in [1.807, 2.05) is 0 Å². The van der Waals surface area contributed by atoms with Crippen LogP contribution in [0.5, 0.6) is 0 Å². The van der Waals surface area contributed by atoms with Gasteiger partial charge in [0.25, 0.3) is 0 Å². The summed E-state index contributed by atoms with van der Waals surface area (Å²) < 4.78 is 2.52. The maximum Gasteiger partial charge on any atom is 0.171 e. The second-order valence-electron chi connectivity index (χ2n) is 11.4. The maximum absolute atomic E-state index is 2.54. The zero-order valence-corrected chi connectivity index (χ0v) is 24.6. The second kappa shape index (κ2) is 24.8. The van der Waals surface area contributed by atoms with Crippen LogP contribution in [0.2, 0.25) is 0 Å². The van der Waals surface area contributed by atoms with Crippen LogP contribution < -0.4 is 4.57 Å². The molecule has 0 amide bonds. The van der Waals surface area contributed by atoms with E-state index in [0.29, 0.717) is 0 Å². The lowest BCUT2D eigenvalue weighted by Gasteiger charge is -2.07. The van der Waals surface area contributed by atoms with Crippen LogP contribution in [-0.4, -0.2) is 0 Å². The number of aromatic nitrogens is 1. The fourth-order valence-electron chi connectivity index (χ4n) is 5.36. The summed E-state index contributed by atoms with van der Waals surface area (Å²) in [4.78, 5) is 0. The highest BCUT2D eigenvalue weighted by Crippen LogP contribution is 2.15. The van der Waals surface area contributed by atoms with Crippen molar-refractivity contribution in [2.45, 2.75) is 188 Å². The van der Waals surface area contributed by atoms with E-state index < -0.39 is 0 Å². The zero-order chi connectivity index (χ0) is 25.2. The Bertz CT molecular complexity index is 521. The van der Waals surface area contributed by atoms with Crippen molar-refractivity contribution in [3.8, 4) is 0 Å². The topological polar surface area (TPSA) is 3.88 Å². The smallest absolute Gasteiger partial charge is 0.171 e. The summed E-state index contributed by atoms with van der Waals surface area (Å²) in [6.07, 6.45) is 40.0. The van der Waals surface area contributed by atoms with Crippen LogP contribution in [0.3, 0.4) is 0 Å². The summed E-state index contributed by atoms with van der Waals surface area (Å²) >= 11 is 0. The third-order valence-corrected chi connectivity index (χ3v) is 7.69. The Morgan fingerprint density at radius 1 is 0.400 bits per heavy atom. The Morgan fingerprint density at radius 2 is 0.714 bits per heavy atom. The molecule has 0 radical (unpaired) electrons. The lowest BCUT2D eigenvalue weighted by Crippen LogP contribution is -2.34. The van der Waals surface area contributed by atoms with Crippen molar-refractivity contribution in [3.63, 3.8) is 0 Å². The fourth-order valence-corrected chi connectivity index (χ4v) is 5.36. The van der Waals surface area contributed by atoms with E-state index in [-0.39, 0.29) is 0 Å². The van der Waals surface area contributed by atoms with Crippen molar-refractivity contribution < 1.29 is 4.57 Å². The molecule has 0 aliphatic heterocycles. The first-order chi connectivity index (χ1) is 17.3. The number of hydrogen-bond acceptors (Lipinski definition) is 0. The Kier molecular flexibility index (Phi) is 22.8. The van der Waals surface area contributed by atoms with Crippen molar-refractivity contribution in [1.82, 2.24) is 0 Å². The molecule has 35 heavy (non-hydrogen) atoms. The predicted octanol–water partition coefficient (Wildman–Crippen LogP) is 11.1. The van der Waals surface area contributed by atoms with Crippen molar-refractivity contribution in [3.05, 3.63) is 29.6 Å². The van der Waals surface area contributed by atoms with Gasteiger partial charge in [0, 0.05) is 17.5 Å². The number of hydrogen-bond donors (Lipinski definition) is 0.